The maximum Gasteiger partial charge on any atom is 0.261 e. The Morgan fingerprint density at radius 3 is 2.78 bits per heavy atom. The second kappa shape index (κ2) is 7.11. The van der Waals surface area contributed by atoms with Crippen LogP contribution in [-0.4, -0.2) is 28.7 Å². The monoisotopic (exact) mass is 365 g/mol. The number of para-hydroxylation sites is 1. The van der Waals surface area contributed by atoms with E-state index in [4.69, 9.17) is 9.47 Å². The number of nitrogens with zero attached hydrogens (tertiary/aromatic N) is 2. The van der Waals surface area contributed by atoms with Gasteiger partial charge in [-0.25, -0.2) is 4.98 Å². The lowest BCUT2D eigenvalue weighted by molar-refractivity contribution is -0.119. The van der Waals surface area contributed by atoms with Crippen LogP contribution in [-0.2, 0) is 4.79 Å². The van der Waals surface area contributed by atoms with Crippen molar-refractivity contribution in [2.75, 3.05) is 18.5 Å². The molecule has 0 aliphatic carbocycles. The fourth-order valence-corrected chi connectivity index (χ4v) is 3.16. The summed E-state index contributed by atoms with van der Waals surface area (Å²) in [5, 5.41) is 3.35. The standard InChI is InChI=1S/C20H19N3O4/c1-2-16(23-12-21-15-6-4-3-5-14(15)20(23)25)19(24)22-13-7-8-17-18(11-13)27-10-9-26-17/h3-8,11-12,16H,2,9-10H2,1H3,(H,22,24)/t16-/m1/s1. The van der Waals surface area contributed by atoms with E-state index >= 15 is 0 Å². The van der Waals surface area contributed by atoms with Crippen molar-refractivity contribution in [1.29, 1.82) is 0 Å². The first-order valence-electron chi connectivity index (χ1n) is 8.84. The van der Waals surface area contributed by atoms with E-state index in [9.17, 15) is 9.59 Å². The highest BCUT2D eigenvalue weighted by atomic mass is 16.6. The van der Waals surface area contributed by atoms with E-state index < -0.39 is 6.04 Å². The van der Waals surface area contributed by atoms with Crippen LogP contribution in [0.3, 0.4) is 0 Å². The van der Waals surface area contributed by atoms with Gasteiger partial charge in [-0.2, -0.15) is 0 Å². The number of rotatable bonds is 4. The molecule has 1 aliphatic heterocycles. The molecule has 0 spiro atoms. The van der Waals surface area contributed by atoms with Crippen LogP contribution in [0.1, 0.15) is 19.4 Å². The largest absolute Gasteiger partial charge is 0.486 e. The summed E-state index contributed by atoms with van der Waals surface area (Å²) in [5.74, 6) is 0.964. The third kappa shape index (κ3) is 3.23. The van der Waals surface area contributed by atoms with Gasteiger partial charge in [0.1, 0.15) is 19.3 Å². The first-order chi connectivity index (χ1) is 13.2. The summed E-state index contributed by atoms with van der Waals surface area (Å²) >= 11 is 0. The van der Waals surface area contributed by atoms with Gasteiger partial charge >= 0.3 is 0 Å². The van der Waals surface area contributed by atoms with Crippen molar-refractivity contribution in [2.45, 2.75) is 19.4 Å². The Labute approximate surface area is 155 Å². The van der Waals surface area contributed by atoms with E-state index in [-0.39, 0.29) is 11.5 Å². The average molecular weight is 365 g/mol. The summed E-state index contributed by atoms with van der Waals surface area (Å²) in [4.78, 5) is 29.9. The Bertz CT molecular complexity index is 1060. The Balaban J connectivity index is 1.62. The minimum atomic E-state index is -0.664. The topological polar surface area (TPSA) is 82.4 Å². The number of hydrogen-bond donors (Lipinski definition) is 1. The molecule has 3 aromatic rings. The molecule has 2 heterocycles. The lowest BCUT2D eigenvalue weighted by Crippen LogP contribution is -2.33. The van der Waals surface area contributed by atoms with Crippen molar-refractivity contribution in [3.05, 3.63) is 59.1 Å². The normalized spacial score (nSPS) is 14.0. The van der Waals surface area contributed by atoms with Crippen LogP contribution in [0.4, 0.5) is 5.69 Å². The van der Waals surface area contributed by atoms with Crippen LogP contribution in [0, 0.1) is 0 Å². The molecule has 1 atom stereocenters. The van der Waals surface area contributed by atoms with Crippen LogP contribution < -0.4 is 20.3 Å². The van der Waals surface area contributed by atoms with Gasteiger partial charge in [0.2, 0.25) is 5.91 Å². The molecule has 2 aromatic carbocycles. The van der Waals surface area contributed by atoms with Gasteiger partial charge in [0.25, 0.3) is 5.56 Å². The Kier molecular flexibility index (Phi) is 4.50. The van der Waals surface area contributed by atoms with Crippen LogP contribution in [0.5, 0.6) is 11.5 Å². The lowest BCUT2D eigenvalue weighted by Gasteiger charge is -2.20. The number of nitrogens with one attached hydrogen (secondary N) is 1. The molecule has 4 rings (SSSR count). The van der Waals surface area contributed by atoms with Crippen LogP contribution in [0.15, 0.2) is 53.6 Å². The number of anilines is 1. The minimum absolute atomic E-state index is 0.232. The van der Waals surface area contributed by atoms with Crippen molar-refractivity contribution in [3.8, 4) is 11.5 Å². The van der Waals surface area contributed by atoms with Crippen molar-refractivity contribution in [3.63, 3.8) is 0 Å². The summed E-state index contributed by atoms with van der Waals surface area (Å²) in [5.41, 5.74) is 0.968. The van der Waals surface area contributed by atoms with E-state index in [2.05, 4.69) is 10.3 Å². The molecular formula is C20H19N3O4. The van der Waals surface area contributed by atoms with E-state index in [1.807, 2.05) is 13.0 Å². The predicted octanol–water partition coefficient (Wildman–Crippen LogP) is 2.76. The number of fused-ring (bicyclic) bond motifs is 2. The third-order valence-electron chi connectivity index (χ3n) is 4.53. The highest BCUT2D eigenvalue weighted by molar-refractivity contribution is 5.94. The zero-order chi connectivity index (χ0) is 18.8. The smallest absolute Gasteiger partial charge is 0.261 e. The zero-order valence-electron chi connectivity index (χ0n) is 14.8. The Morgan fingerprint density at radius 1 is 1.19 bits per heavy atom. The number of hydrogen-bond acceptors (Lipinski definition) is 5. The second-order valence-electron chi connectivity index (χ2n) is 6.25. The number of carbonyl (C=O) groups excluding carboxylic acids is 1. The first-order valence-corrected chi connectivity index (χ1v) is 8.84. The van der Waals surface area contributed by atoms with Gasteiger partial charge in [0.05, 0.1) is 17.2 Å². The number of amides is 1. The fourth-order valence-electron chi connectivity index (χ4n) is 3.16. The highest BCUT2D eigenvalue weighted by Gasteiger charge is 2.22. The number of benzene rings is 2. The average Bonchev–Trinajstić information content (AvgIpc) is 2.70. The van der Waals surface area contributed by atoms with Gasteiger partial charge in [-0.05, 0) is 30.7 Å². The maximum absolute atomic E-state index is 12.8. The summed E-state index contributed by atoms with van der Waals surface area (Å²) in [6, 6.07) is 11.7. The molecule has 27 heavy (non-hydrogen) atoms. The quantitative estimate of drug-likeness (QED) is 0.769. The predicted molar refractivity (Wildman–Crippen MR) is 101 cm³/mol. The summed E-state index contributed by atoms with van der Waals surface area (Å²) in [6.45, 7) is 2.84. The molecule has 0 unspecified atom stereocenters. The molecule has 0 radical (unpaired) electrons. The molecule has 0 saturated heterocycles. The molecule has 1 N–H and O–H groups in total. The van der Waals surface area contributed by atoms with Gasteiger partial charge in [0, 0.05) is 11.8 Å². The van der Waals surface area contributed by atoms with Crippen LogP contribution in [0.2, 0.25) is 0 Å². The van der Waals surface area contributed by atoms with Crippen LogP contribution >= 0.6 is 0 Å². The van der Waals surface area contributed by atoms with Gasteiger partial charge in [0.15, 0.2) is 11.5 Å². The Morgan fingerprint density at radius 2 is 1.96 bits per heavy atom. The van der Waals surface area contributed by atoms with Gasteiger partial charge < -0.3 is 14.8 Å². The van der Waals surface area contributed by atoms with Crippen molar-refractivity contribution in [2.24, 2.45) is 0 Å². The van der Waals surface area contributed by atoms with Crippen molar-refractivity contribution >= 4 is 22.5 Å². The molecule has 0 bridgehead atoms. The summed E-state index contributed by atoms with van der Waals surface area (Å²) in [7, 11) is 0. The molecule has 1 amide bonds. The van der Waals surface area contributed by atoms with E-state index in [1.165, 1.54) is 10.9 Å². The lowest BCUT2D eigenvalue weighted by atomic mass is 10.1. The molecule has 138 valence electrons. The molecule has 7 heteroatoms. The van der Waals surface area contributed by atoms with Gasteiger partial charge in [-0.3, -0.25) is 14.2 Å². The molecule has 1 aliphatic rings. The summed E-state index contributed by atoms with van der Waals surface area (Å²) in [6.07, 6.45) is 1.89. The Hall–Kier alpha value is -3.35. The van der Waals surface area contributed by atoms with Crippen molar-refractivity contribution < 1.29 is 14.3 Å². The minimum Gasteiger partial charge on any atom is -0.486 e. The second-order valence-corrected chi connectivity index (χ2v) is 6.25. The fraction of sp³-hybridized carbons (Fsp3) is 0.250. The van der Waals surface area contributed by atoms with Gasteiger partial charge in [-0.1, -0.05) is 19.1 Å². The molecule has 0 fully saturated rings. The number of aromatic nitrogens is 2. The molecular weight excluding hydrogens is 346 g/mol. The summed E-state index contributed by atoms with van der Waals surface area (Å²) < 4.78 is 12.4. The zero-order valence-corrected chi connectivity index (χ0v) is 14.8. The first kappa shape index (κ1) is 17.1. The molecule has 7 nitrogen and oxygen atoms in total. The van der Waals surface area contributed by atoms with Crippen molar-refractivity contribution in [1.82, 2.24) is 9.55 Å². The number of ether oxygens (including phenoxy) is 2. The third-order valence-corrected chi connectivity index (χ3v) is 4.53. The highest BCUT2D eigenvalue weighted by Crippen LogP contribution is 2.32. The van der Waals surface area contributed by atoms with Crippen LogP contribution in [0.25, 0.3) is 10.9 Å². The maximum atomic E-state index is 12.8. The van der Waals surface area contributed by atoms with E-state index in [0.717, 1.165) is 0 Å². The van der Waals surface area contributed by atoms with E-state index in [0.29, 0.717) is 47.7 Å². The molecule has 0 saturated carbocycles. The SMILES string of the molecule is CC[C@H](C(=O)Nc1ccc2c(c1)OCCO2)n1cnc2ccccc2c1=O. The molecule has 1 aromatic heterocycles. The van der Waals surface area contributed by atoms with Gasteiger partial charge in [-0.15, -0.1) is 0 Å². The van der Waals surface area contributed by atoms with E-state index in [1.54, 1.807) is 36.4 Å². The number of carbonyl (C=O) groups is 1.